The second-order valence-corrected chi connectivity index (χ2v) is 11.8. The minimum atomic E-state index is -0.564. The first-order chi connectivity index (χ1) is 14.4. The van der Waals surface area contributed by atoms with Crippen LogP contribution in [0.5, 0.6) is 5.75 Å². The molecule has 0 radical (unpaired) electrons. The van der Waals surface area contributed by atoms with Crippen molar-refractivity contribution in [2.75, 3.05) is 0 Å². The number of hydrogen-bond acceptors (Lipinski definition) is 4. The Hall–Kier alpha value is -1.84. The first-order valence-electron chi connectivity index (χ1n) is 11.9. The van der Waals surface area contributed by atoms with E-state index in [0.717, 1.165) is 49.0 Å². The number of aryl methyl sites for hydroxylation is 1. The molecular weight excluding hydrogens is 388 g/mol. The normalized spacial score (nSPS) is 40.8. The Labute approximate surface area is 185 Å². The first kappa shape index (κ1) is 21.0. The molecule has 3 saturated carbocycles. The third kappa shape index (κ3) is 2.37. The smallest absolute Gasteiger partial charge is 0.343 e. The van der Waals surface area contributed by atoms with Gasteiger partial charge in [-0.15, -0.1) is 0 Å². The van der Waals surface area contributed by atoms with Crippen molar-refractivity contribution in [1.29, 1.82) is 0 Å². The molecule has 4 nitrogen and oxygen atoms in total. The molecule has 4 aliphatic rings. The molecule has 3 aliphatic carbocycles. The van der Waals surface area contributed by atoms with E-state index in [2.05, 4.69) is 34.3 Å². The summed E-state index contributed by atoms with van der Waals surface area (Å²) in [6.45, 7) is 17.5. The molecule has 1 aliphatic heterocycles. The average molecular weight is 425 g/mol. The second kappa shape index (κ2) is 6.14. The molecule has 3 fully saturated rings. The molecule has 0 amide bonds. The highest BCUT2D eigenvalue weighted by Gasteiger charge is 2.69. The Kier molecular flexibility index (Phi) is 4.17. The molecule has 0 aromatic carbocycles. The van der Waals surface area contributed by atoms with Crippen LogP contribution < -0.4 is 10.4 Å². The van der Waals surface area contributed by atoms with Crippen LogP contribution in [-0.2, 0) is 11.2 Å². The van der Waals surface area contributed by atoms with Gasteiger partial charge in [0.25, 0.3) is 0 Å². The fourth-order valence-electron chi connectivity index (χ4n) is 8.43. The zero-order chi connectivity index (χ0) is 22.6. The molecule has 168 valence electrons. The lowest BCUT2D eigenvalue weighted by molar-refractivity contribution is -0.192. The van der Waals surface area contributed by atoms with Gasteiger partial charge in [0.2, 0.25) is 0 Å². The summed E-state index contributed by atoms with van der Waals surface area (Å²) in [6, 6.07) is 0. The van der Waals surface area contributed by atoms with Crippen LogP contribution in [0.1, 0.15) is 83.1 Å². The molecule has 5 rings (SSSR count). The molecule has 4 heteroatoms. The predicted molar refractivity (Wildman–Crippen MR) is 120 cm³/mol. The zero-order valence-corrected chi connectivity index (χ0v) is 19.9. The van der Waals surface area contributed by atoms with Crippen molar-refractivity contribution in [3.8, 4) is 5.75 Å². The van der Waals surface area contributed by atoms with Crippen LogP contribution in [0.15, 0.2) is 21.4 Å². The first-order valence-corrected chi connectivity index (χ1v) is 11.9. The van der Waals surface area contributed by atoms with E-state index in [9.17, 15) is 9.59 Å². The molecule has 0 saturated heterocycles. The van der Waals surface area contributed by atoms with E-state index in [-0.39, 0.29) is 21.9 Å². The molecule has 5 atom stereocenters. The third-order valence-electron chi connectivity index (χ3n) is 10.4. The van der Waals surface area contributed by atoms with Crippen molar-refractivity contribution in [3.05, 3.63) is 39.5 Å². The SMILES string of the molecule is C=C1CCC2C3(C)CCC(=O)C(C)(C)C3CCC2(C)C12Cc1c(c(C)c(C)oc1=O)O2. The second-order valence-electron chi connectivity index (χ2n) is 11.8. The van der Waals surface area contributed by atoms with E-state index in [1.54, 1.807) is 0 Å². The summed E-state index contributed by atoms with van der Waals surface area (Å²) in [5, 5.41) is 0. The quantitative estimate of drug-likeness (QED) is 0.501. The number of ketones is 1. The van der Waals surface area contributed by atoms with Crippen molar-refractivity contribution >= 4 is 5.78 Å². The fourth-order valence-corrected chi connectivity index (χ4v) is 8.43. The van der Waals surface area contributed by atoms with Gasteiger partial charge in [0, 0.05) is 29.2 Å². The van der Waals surface area contributed by atoms with Crippen molar-refractivity contribution in [1.82, 2.24) is 0 Å². The summed E-state index contributed by atoms with van der Waals surface area (Å²) < 4.78 is 12.4. The Morgan fingerprint density at radius 1 is 0.968 bits per heavy atom. The lowest BCUT2D eigenvalue weighted by atomic mass is 9.38. The molecule has 1 aromatic rings. The van der Waals surface area contributed by atoms with Gasteiger partial charge >= 0.3 is 5.63 Å². The minimum absolute atomic E-state index is 0.0892. The van der Waals surface area contributed by atoms with Gasteiger partial charge in [0.1, 0.15) is 22.9 Å². The van der Waals surface area contributed by atoms with Gasteiger partial charge < -0.3 is 9.15 Å². The molecule has 31 heavy (non-hydrogen) atoms. The maximum Gasteiger partial charge on any atom is 0.343 e. The molecule has 5 unspecified atom stereocenters. The molecule has 0 N–H and O–H groups in total. The zero-order valence-electron chi connectivity index (χ0n) is 19.9. The van der Waals surface area contributed by atoms with Crippen molar-refractivity contribution in [2.45, 2.75) is 92.1 Å². The van der Waals surface area contributed by atoms with E-state index in [1.165, 1.54) is 0 Å². The topological polar surface area (TPSA) is 56.5 Å². The summed E-state index contributed by atoms with van der Waals surface area (Å²) in [6.07, 6.45) is 6.18. The van der Waals surface area contributed by atoms with Crippen molar-refractivity contribution < 1.29 is 13.9 Å². The van der Waals surface area contributed by atoms with Gasteiger partial charge in [-0.25, -0.2) is 4.79 Å². The lowest BCUT2D eigenvalue weighted by Crippen LogP contribution is -2.66. The summed E-state index contributed by atoms with van der Waals surface area (Å²) in [4.78, 5) is 25.6. The van der Waals surface area contributed by atoms with Crippen LogP contribution in [0.2, 0.25) is 0 Å². The van der Waals surface area contributed by atoms with E-state index in [4.69, 9.17) is 9.15 Å². The van der Waals surface area contributed by atoms with Gasteiger partial charge in [-0.1, -0.05) is 34.3 Å². The minimum Gasteiger partial charge on any atom is -0.481 e. The van der Waals surface area contributed by atoms with Gasteiger partial charge in [-0.2, -0.15) is 0 Å². The van der Waals surface area contributed by atoms with E-state index in [0.29, 0.717) is 41.8 Å². The number of carbonyl (C=O) groups excluding carboxylic acids is 1. The Morgan fingerprint density at radius 3 is 2.39 bits per heavy atom. The van der Waals surface area contributed by atoms with E-state index in [1.807, 2.05) is 13.8 Å². The standard InChI is InChI=1S/C27H36O4/c1-15-8-9-20-25(6)12-11-21(28)24(4,5)19(25)10-13-26(20,7)27(15)14-18-22(31-27)16(2)17(3)30-23(18)29/h19-20H,1,8-14H2,2-7H3. The van der Waals surface area contributed by atoms with Crippen LogP contribution >= 0.6 is 0 Å². The van der Waals surface area contributed by atoms with Gasteiger partial charge in [0.15, 0.2) is 0 Å². The van der Waals surface area contributed by atoms with Gasteiger partial charge in [-0.05, 0) is 68.8 Å². The van der Waals surface area contributed by atoms with Gasteiger partial charge in [-0.3, -0.25) is 4.79 Å². The molecule has 1 aromatic heterocycles. The largest absolute Gasteiger partial charge is 0.481 e. The number of ether oxygens (including phenoxy) is 1. The predicted octanol–water partition coefficient (Wildman–Crippen LogP) is 5.71. The number of hydrogen-bond donors (Lipinski definition) is 0. The summed E-state index contributed by atoms with van der Waals surface area (Å²) >= 11 is 0. The highest BCUT2D eigenvalue weighted by atomic mass is 16.5. The lowest BCUT2D eigenvalue weighted by Gasteiger charge is -2.67. The van der Waals surface area contributed by atoms with Gasteiger partial charge in [0.05, 0.1) is 5.56 Å². The number of carbonyl (C=O) groups is 1. The Bertz CT molecular complexity index is 1060. The van der Waals surface area contributed by atoms with Crippen LogP contribution in [0.25, 0.3) is 0 Å². The summed E-state index contributed by atoms with van der Waals surface area (Å²) in [5.41, 5.74) is 1.58. The van der Waals surface area contributed by atoms with Crippen LogP contribution in [0.4, 0.5) is 0 Å². The van der Waals surface area contributed by atoms with Crippen LogP contribution in [-0.4, -0.2) is 11.4 Å². The van der Waals surface area contributed by atoms with Crippen LogP contribution in [0, 0.1) is 41.9 Å². The number of rotatable bonds is 0. The van der Waals surface area contributed by atoms with E-state index < -0.39 is 5.60 Å². The molecular formula is C27H36O4. The fraction of sp³-hybridized carbons (Fsp3) is 0.704. The molecule has 2 heterocycles. The molecule has 0 bridgehead atoms. The average Bonchev–Trinajstić information content (AvgIpc) is 3.11. The third-order valence-corrected chi connectivity index (χ3v) is 10.4. The summed E-state index contributed by atoms with van der Waals surface area (Å²) in [5.74, 6) is 2.59. The maximum absolute atomic E-state index is 12.8. The van der Waals surface area contributed by atoms with Crippen molar-refractivity contribution in [2.24, 2.45) is 28.1 Å². The maximum atomic E-state index is 12.8. The Morgan fingerprint density at radius 2 is 1.68 bits per heavy atom. The summed E-state index contributed by atoms with van der Waals surface area (Å²) in [7, 11) is 0. The van der Waals surface area contributed by atoms with Crippen molar-refractivity contribution in [3.63, 3.8) is 0 Å². The monoisotopic (exact) mass is 424 g/mol. The number of Topliss-reactive ketones (excluding diaryl/α,β-unsaturated/α-hetero) is 1. The van der Waals surface area contributed by atoms with Crippen LogP contribution in [0.3, 0.4) is 0 Å². The highest BCUT2D eigenvalue weighted by molar-refractivity contribution is 5.85. The Balaban J connectivity index is 1.64. The number of fused-ring (bicyclic) bond motifs is 5. The highest BCUT2D eigenvalue weighted by Crippen LogP contribution is 2.71. The molecule has 1 spiro atoms. The van der Waals surface area contributed by atoms with E-state index >= 15 is 0 Å².